The number of hydrogen-bond donors (Lipinski definition) is 1. The number of para-hydroxylation sites is 2. The summed E-state index contributed by atoms with van der Waals surface area (Å²) in [5.74, 6) is 1.98. The van der Waals surface area contributed by atoms with Gasteiger partial charge in [0.15, 0.2) is 5.58 Å². The molecule has 6 rings (SSSR count). The summed E-state index contributed by atoms with van der Waals surface area (Å²) in [5.41, 5.74) is 5.31. The van der Waals surface area contributed by atoms with Crippen molar-refractivity contribution in [3.63, 3.8) is 0 Å². The maximum Gasteiger partial charge on any atom is 0.295 e. The molecule has 6 heteroatoms. The third-order valence-electron chi connectivity index (χ3n) is 7.11. The summed E-state index contributed by atoms with van der Waals surface area (Å²) >= 11 is 0. The lowest BCUT2D eigenvalue weighted by molar-refractivity contribution is 0.0715. The van der Waals surface area contributed by atoms with Gasteiger partial charge >= 0.3 is 0 Å². The summed E-state index contributed by atoms with van der Waals surface area (Å²) in [7, 11) is 1.66. The van der Waals surface area contributed by atoms with Gasteiger partial charge in [-0.2, -0.15) is 4.98 Å². The fraction of sp³-hybridized carbons (Fsp3) is 0.286. The highest BCUT2D eigenvalue weighted by Crippen LogP contribution is 2.50. The van der Waals surface area contributed by atoms with E-state index in [1.165, 1.54) is 6.42 Å². The standard InChI is InChI=1S/C28H27N3O3/c1-17-10-11-21(18-6-5-7-20(13-18)33-2)23(12-17)27(32)31-16-19-14-22(19)25(31)15-29-28-30-24-8-3-4-9-26(24)34-28/h3-13,19,22,25H,14-16H2,1-2H3,(H,29,30). The zero-order chi connectivity index (χ0) is 23.2. The lowest BCUT2D eigenvalue weighted by atomic mass is 9.96. The van der Waals surface area contributed by atoms with Gasteiger partial charge in [0.2, 0.25) is 0 Å². The van der Waals surface area contributed by atoms with Crippen LogP contribution in [0.25, 0.3) is 22.2 Å². The Morgan fingerprint density at radius 1 is 1.15 bits per heavy atom. The van der Waals surface area contributed by atoms with Crippen LogP contribution < -0.4 is 10.1 Å². The quantitative estimate of drug-likeness (QED) is 0.424. The summed E-state index contributed by atoms with van der Waals surface area (Å²) in [6.45, 7) is 3.45. The molecular formula is C28H27N3O3. The molecule has 1 saturated carbocycles. The average Bonchev–Trinajstić information content (AvgIpc) is 3.35. The molecule has 6 nitrogen and oxygen atoms in total. The number of likely N-dealkylation sites (tertiary alicyclic amines) is 1. The number of nitrogens with zero attached hydrogens (tertiary/aromatic N) is 2. The number of methoxy groups -OCH3 is 1. The van der Waals surface area contributed by atoms with E-state index >= 15 is 0 Å². The molecule has 1 saturated heterocycles. The smallest absolute Gasteiger partial charge is 0.295 e. The molecular weight excluding hydrogens is 426 g/mol. The molecule has 1 aromatic heterocycles. The molecule has 34 heavy (non-hydrogen) atoms. The Labute approximate surface area is 198 Å². The number of carbonyl (C=O) groups excluding carboxylic acids is 1. The van der Waals surface area contributed by atoms with Crippen LogP contribution in [0, 0.1) is 18.8 Å². The first-order chi connectivity index (χ1) is 16.6. The van der Waals surface area contributed by atoms with Gasteiger partial charge in [-0.3, -0.25) is 4.79 Å². The predicted octanol–water partition coefficient (Wildman–Crippen LogP) is 5.38. The van der Waals surface area contributed by atoms with Crippen LogP contribution in [-0.4, -0.2) is 42.0 Å². The molecule has 1 aliphatic carbocycles. The number of carbonyl (C=O) groups is 1. The maximum absolute atomic E-state index is 13.9. The number of benzene rings is 3. The minimum atomic E-state index is 0.0816. The van der Waals surface area contributed by atoms with Crippen LogP contribution >= 0.6 is 0 Å². The molecule has 1 N–H and O–H groups in total. The molecule has 172 valence electrons. The molecule has 0 radical (unpaired) electrons. The lowest BCUT2D eigenvalue weighted by Gasteiger charge is -2.28. The topological polar surface area (TPSA) is 67.6 Å². The second kappa shape index (κ2) is 8.20. The largest absolute Gasteiger partial charge is 0.497 e. The number of ether oxygens (including phenoxy) is 1. The van der Waals surface area contributed by atoms with Crippen molar-refractivity contribution in [1.82, 2.24) is 9.88 Å². The number of piperidine rings is 1. The van der Waals surface area contributed by atoms with Crippen LogP contribution in [0.5, 0.6) is 5.75 Å². The van der Waals surface area contributed by atoms with Crippen molar-refractivity contribution in [3.05, 3.63) is 77.9 Å². The third-order valence-corrected chi connectivity index (χ3v) is 7.11. The Hall–Kier alpha value is -3.80. The highest BCUT2D eigenvalue weighted by atomic mass is 16.5. The summed E-state index contributed by atoms with van der Waals surface area (Å²) in [5, 5.41) is 3.35. The van der Waals surface area contributed by atoms with Crippen molar-refractivity contribution < 1.29 is 13.9 Å². The molecule has 4 aromatic rings. The Morgan fingerprint density at radius 2 is 2.03 bits per heavy atom. The minimum Gasteiger partial charge on any atom is -0.497 e. The van der Waals surface area contributed by atoms with Crippen molar-refractivity contribution in [2.24, 2.45) is 11.8 Å². The summed E-state index contributed by atoms with van der Waals surface area (Å²) in [6, 6.07) is 22.3. The Bertz CT molecular complexity index is 1350. The zero-order valence-electron chi connectivity index (χ0n) is 19.3. The first-order valence-electron chi connectivity index (χ1n) is 11.8. The zero-order valence-corrected chi connectivity index (χ0v) is 19.3. The van der Waals surface area contributed by atoms with Crippen LogP contribution in [0.3, 0.4) is 0 Å². The molecule has 3 atom stereocenters. The molecule has 1 aliphatic heterocycles. The summed E-state index contributed by atoms with van der Waals surface area (Å²) < 4.78 is 11.2. The molecule has 3 aromatic carbocycles. The molecule has 2 heterocycles. The second-order valence-corrected chi connectivity index (χ2v) is 9.33. The Kier molecular flexibility index (Phi) is 5.01. The van der Waals surface area contributed by atoms with Gasteiger partial charge in [-0.25, -0.2) is 0 Å². The van der Waals surface area contributed by atoms with Crippen molar-refractivity contribution in [3.8, 4) is 16.9 Å². The van der Waals surface area contributed by atoms with Crippen LogP contribution in [0.1, 0.15) is 22.3 Å². The number of oxazole rings is 1. The van der Waals surface area contributed by atoms with Gasteiger partial charge in [0, 0.05) is 18.7 Å². The van der Waals surface area contributed by atoms with E-state index in [1.807, 2.05) is 72.5 Å². The maximum atomic E-state index is 13.9. The fourth-order valence-corrected chi connectivity index (χ4v) is 5.24. The van der Waals surface area contributed by atoms with Crippen molar-refractivity contribution >= 4 is 23.0 Å². The summed E-state index contributed by atoms with van der Waals surface area (Å²) in [6.07, 6.45) is 1.18. The highest BCUT2D eigenvalue weighted by Gasteiger charge is 2.54. The van der Waals surface area contributed by atoms with Crippen LogP contribution in [-0.2, 0) is 0 Å². The fourth-order valence-electron chi connectivity index (χ4n) is 5.24. The SMILES string of the molecule is COc1cccc(-c2ccc(C)cc2C(=O)N2CC3CC3C2CNc2nc3ccccc3o2)c1. The first-order valence-corrected chi connectivity index (χ1v) is 11.8. The lowest BCUT2D eigenvalue weighted by Crippen LogP contribution is -2.42. The minimum absolute atomic E-state index is 0.0816. The molecule has 0 spiro atoms. The van der Waals surface area contributed by atoms with Crippen LogP contribution in [0.2, 0.25) is 0 Å². The average molecular weight is 454 g/mol. The normalized spacial score (nSPS) is 20.9. The van der Waals surface area contributed by atoms with Gasteiger partial charge in [-0.15, -0.1) is 0 Å². The first kappa shape index (κ1) is 20.8. The van der Waals surface area contributed by atoms with E-state index in [9.17, 15) is 4.79 Å². The van der Waals surface area contributed by atoms with Gasteiger partial charge < -0.3 is 19.4 Å². The van der Waals surface area contributed by atoms with E-state index in [0.29, 0.717) is 24.4 Å². The van der Waals surface area contributed by atoms with Crippen LogP contribution in [0.4, 0.5) is 6.01 Å². The monoisotopic (exact) mass is 453 g/mol. The molecule has 3 unspecified atom stereocenters. The van der Waals surface area contributed by atoms with E-state index in [1.54, 1.807) is 7.11 Å². The Balaban J connectivity index is 1.27. The van der Waals surface area contributed by atoms with E-state index in [2.05, 4.69) is 16.4 Å². The van der Waals surface area contributed by atoms with E-state index in [-0.39, 0.29) is 11.9 Å². The summed E-state index contributed by atoms with van der Waals surface area (Å²) in [4.78, 5) is 20.5. The van der Waals surface area contributed by atoms with E-state index < -0.39 is 0 Å². The van der Waals surface area contributed by atoms with E-state index in [4.69, 9.17) is 9.15 Å². The van der Waals surface area contributed by atoms with Gasteiger partial charge in [0.05, 0.1) is 13.2 Å². The molecule has 1 amide bonds. The van der Waals surface area contributed by atoms with Crippen LogP contribution in [0.15, 0.2) is 71.1 Å². The number of fused-ring (bicyclic) bond motifs is 2. The number of amides is 1. The second-order valence-electron chi connectivity index (χ2n) is 9.33. The number of nitrogens with one attached hydrogen (secondary N) is 1. The molecule has 0 bridgehead atoms. The van der Waals surface area contributed by atoms with Crippen molar-refractivity contribution in [2.45, 2.75) is 19.4 Å². The van der Waals surface area contributed by atoms with E-state index in [0.717, 1.165) is 45.6 Å². The van der Waals surface area contributed by atoms with Crippen molar-refractivity contribution in [2.75, 3.05) is 25.5 Å². The number of anilines is 1. The number of rotatable bonds is 6. The van der Waals surface area contributed by atoms with Gasteiger partial charge in [-0.05, 0) is 66.6 Å². The van der Waals surface area contributed by atoms with Gasteiger partial charge in [0.25, 0.3) is 11.9 Å². The molecule has 2 fully saturated rings. The highest BCUT2D eigenvalue weighted by molar-refractivity contribution is 6.01. The van der Waals surface area contributed by atoms with Gasteiger partial charge in [0.1, 0.15) is 11.3 Å². The van der Waals surface area contributed by atoms with Crippen molar-refractivity contribution in [1.29, 1.82) is 0 Å². The van der Waals surface area contributed by atoms with Gasteiger partial charge in [-0.1, -0.05) is 42.0 Å². The predicted molar refractivity (Wildman–Crippen MR) is 132 cm³/mol. The number of hydrogen-bond acceptors (Lipinski definition) is 5. The third kappa shape index (κ3) is 3.69. The Morgan fingerprint density at radius 3 is 2.88 bits per heavy atom. The molecule has 2 aliphatic rings. The number of aryl methyl sites for hydroxylation is 1. The number of aromatic nitrogens is 1.